The highest BCUT2D eigenvalue weighted by Gasteiger charge is 2.16. The van der Waals surface area contributed by atoms with Crippen molar-refractivity contribution in [2.75, 3.05) is 12.5 Å². The molecule has 0 amide bonds. The molecule has 0 atom stereocenters. The van der Waals surface area contributed by atoms with Crippen LogP contribution in [0.1, 0.15) is 12.8 Å². The van der Waals surface area contributed by atoms with Gasteiger partial charge in [-0.1, -0.05) is 11.8 Å². The summed E-state index contributed by atoms with van der Waals surface area (Å²) in [5.41, 5.74) is 0.797. The Kier molecular flexibility index (Phi) is 3.74. The van der Waals surface area contributed by atoms with Crippen molar-refractivity contribution in [2.45, 2.75) is 18.1 Å². The molecule has 6 nitrogen and oxygen atoms in total. The minimum atomic E-state index is 0.239. The van der Waals surface area contributed by atoms with Crippen LogP contribution in [0, 0.1) is 11.3 Å². The SMILES string of the molecule is N#CCCCSc1nnc(-c2ccc3c(c2)OCO3)o1. The highest BCUT2D eigenvalue weighted by atomic mass is 32.2. The number of aromatic nitrogens is 2. The van der Waals surface area contributed by atoms with E-state index < -0.39 is 0 Å². The molecule has 7 heteroatoms. The molecular weight excluding hydrogens is 278 g/mol. The van der Waals surface area contributed by atoms with Gasteiger partial charge in [0.2, 0.25) is 12.7 Å². The summed E-state index contributed by atoms with van der Waals surface area (Å²) in [4.78, 5) is 0. The first kappa shape index (κ1) is 12.8. The van der Waals surface area contributed by atoms with Crippen LogP contribution in [-0.4, -0.2) is 22.7 Å². The smallest absolute Gasteiger partial charge is 0.276 e. The molecule has 0 aliphatic carbocycles. The summed E-state index contributed by atoms with van der Waals surface area (Å²) in [5.74, 6) is 2.64. The zero-order valence-corrected chi connectivity index (χ0v) is 11.4. The molecule has 1 aliphatic heterocycles. The molecule has 3 rings (SSSR count). The Bertz CT molecular complexity index is 651. The number of hydrogen-bond acceptors (Lipinski definition) is 7. The number of unbranched alkanes of at least 4 members (excludes halogenated alkanes) is 1. The van der Waals surface area contributed by atoms with E-state index in [2.05, 4.69) is 16.3 Å². The van der Waals surface area contributed by atoms with Gasteiger partial charge in [-0.15, -0.1) is 10.2 Å². The van der Waals surface area contributed by atoms with E-state index >= 15 is 0 Å². The van der Waals surface area contributed by atoms with Crippen LogP contribution in [-0.2, 0) is 0 Å². The van der Waals surface area contributed by atoms with Gasteiger partial charge in [-0.3, -0.25) is 0 Å². The van der Waals surface area contributed by atoms with Crippen LogP contribution in [0.25, 0.3) is 11.5 Å². The number of ether oxygens (including phenoxy) is 2. The van der Waals surface area contributed by atoms with Crippen LogP contribution < -0.4 is 9.47 Å². The molecule has 1 aromatic heterocycles. The van der Waals surface area contributed by atoms with Crippen LogP contribution in [0.2, 0.25) is 0 Å². The Morgan fingerprint density at radius 2 is 2.15 bits per heavy atom. The zero-order chi connectivity index (χ0) is 13.8. The van der Waals surface area contributed by atoms with Crippen LogP contribution in [0.5, 0.6) is 11.5 Å². The normalized spacial score (nSPS) is 12.3. The Morgan fingerprint density at radius 1 is 1.25 bits per heavy atom. The van der Waals surface area contributed by atoms with Gasteiger partial charge in [0.1, 0.15) is 0 Å². The van der Waals surface area contributed by atoms with Gasteiger partial charge in [-0.2, -0.15) is 5.26 Å². The summed E-state index contributed by atoms with van der Waals surface area (Å²) >= 11 is 1.45. The van der Waals surface area contributed by atoms with E-state index in [1.807, 2.05) is 18.2 Å². The molecule has 0 unspecified atom stereocenters. The number of hydrogen-bond donors (Lipinski definition) is 0. The monoisotopic (exact) mass is 289 g/mol. The minimum absolute atomic E-state index is 0.239. The lowest BCUT2D eigenvalue weighted by Crippen LogP contribution is -1.92. The summed E-state index contributed by atoms with van der Waals surface area (Å²) in [6.07, 6.45) is 1.35. The lowest BCUT2D eigenvalue weighted by molar-refractivity contribution is 0.174. The number of rotatable bonds is 5. The van der Waals surface area contributed by atoms with Gasteiger partial charge in [0.05, 0.1) is 6.07 Å². The Morgan fingerprint density at radius 3 is 3.05 bits per heavy atom. The number of thioether (sulfide) groups is 1. The number of benzene rings is 1. The summed E-state index contributed by atoms with van der Waals surface area (Å²) < 4.78 is 16.1. The van der Waals surface area contributed by atoms with Gasteiger partial charge in [0.25, 0.3) is 5.22 Å². The lowest BCUT2D eigenvalue weighted by atomic mass is 10.2. The third-order valence-electron chi connectivity index (χ3n) is 2.68. The fourth-order valence-electron chi connectivity index (χ4n) is 1.73. The van der Waals surface area contributed by atoms with Crippen LogP contribution in [0.4, 0.5) is 0 Å². The predicted octanol–water partition coefficient (Wildman–Crippen LogP) is 2.86. The molecule has 0 saturated heterocycles. The molecule has 2 aromatic rings. The Hall–Kier alpha value is -2.20. The van der Waals surface area contributed by atoms with E-state index in [9.17, 15) is 0 Å². The predicted molar refractivity (Wildman–Crippen MR) is 71.4 cm³/mol. The molecule has 0 bridgehead atoms. The quantitative estimate of drug-likeness (QED) is 0.618. The first-order valence-electron chi connectivity index (χ1n) is 6.10. The summed E-state index contributed by atoms with van der Waals surface area (Å²) in [6, 6.07) is 7.60. The van der Waals surface area contributed by atoms with E-state index in [0.717, 1.165) is 23.5 Å². The number of fused-ring (bicyclic) bond motifs is 1. The molecule has 0 radical (unpaired) electrons. The van der Waals surface area contributed by atoms with Crippen LogP contribution >= 0.6 is 11.8 Å². The Labute approximate surface area is 119 Å². The van der Waals surface area contributed by atoms with Crippen molar-refractivity contribution >= 4 is 11.8 Å². The van der Waals surface area contributed by atoms with Gasteiger partial charge >= 0.3 is 0 Å². The number of nitriles is 1. The van der Waals surface area contributed by atoms with Gasteiger partial charge in [0.15, 0.2) is 11.5 Å². The Balaban J connectivity index is 1.69. The third kappa shape index (κ3) is 2.70. The first-order chi connectivity index (χ1) is 9.86. The standard InChI is InChI=1S/C13H11N3O3S/c14-5-1-2-6-20-13-16-15-12(19-13)9-3-4-10-11(7-9)18-8-17-10/h3-4,7H,1-2,6,8H2. The van der Waals surface area contributed by atoms with E-state index in [4.69, 9.17) is 19.2 Å². The highest BCUT2D eigenvalue weighted by molar-refractivity contribution is 7.99. The lowest BCUT2D eigenvalue weighted by Gasteiger charge is -1.97. The van der Waals surface area contributed by atoms with Gasteiger partial charge < -0.3 is 13.9 Å². The minimum Gasteiger partial charge on any atom is -0.454 e. The maximum absolute atomic E-state index is 8.46. The fraction of sp³-hybridized carbons (Fsp3) is 0.308. The fourth-order valence-corrected chi connectivity index (χ4v) is 2.42. The second-order valence-electron chi connectivity index (χ2n) is 4.05. The zero-order valence-electron chi connectivity index (χ0n) is 10.5. The topological polar surface area (TPSA) is 81.2 Å². The molecule has 0 N–H and O–H groups in total. The van der Waals surface area contributed by atoms with Crippen molar-refractivity contribution in [3.8, 4) is 29.0 Å². The van der Waals surface area contributed by atoms with Gasteiger partial charge in [0, 0.05) is 17.7 Å². The first-order valence-corrected chi connectivity index (χ1v) is 7.08. The van der Waals surface area contributed by atoms with E-state index in [-0.39, 0.29) is 6.79 Å². The van der Waals surface area contributed by atoms with Crippen LogP contribution in [0.15, 0.2) is 27.8 Å². The van der Waals surface area contributed by atoms with Crippen molar-refractivity contribution < 1.29 is 13.9 Å². The molecule has 1 aliphatic rings. The molecule has 20 heavy (non-hydrogen) atoms. The van der Waals surface area contributed by atoms with Gasteiger partial charge in [-0.25, -0.2) is 0 Å². The molecule has 0 saturated carbocycles. The number of nitrogens with zero attached hydrogens (tertiary/aromatic N) is 3. The van der Waals surface area contributed by atoms with Crippen molar-refractivity contribution in [1.82, 2.24) is 10.2 Å². The summed E-state index contributed by atoms with van der Waals surface area (Å²) in [6.45, 7) is 0.239. The molecule has 102 valence electrons. The van der Waals surface area contributed by atoms with Crippen molar-refractivity contribution in [2.24, 2.45) is 0 Å². The average molecular weight is 289 g/mol. The van der Waals surface area contributed by atoms with Gasteiger partial charge in [-0.05, 0) is 24.6 Å². The third-order valence-corrected chi connectivity index (χ3v) is 3.59. The molecular formula is C13H11N3O3S. The van der Waals surface area contributed by atoms with Crippen molar-refractivity contribution in [1.29, 1.82) is 5.26 Å². The molecule has 0 spiro atoms. The molecule has 0 fully saturated rings. The second-order valence-corrected chi connectivity index (χ2v) is 5.10. The van der Waals surface area contributed by atoms with E-state index in [1.54, 1.807) is 0 Å². The van der Waals surface area contributed by atoms with E-state index in [1.165, 1.54) is 11.8 Å². The maximum atomic E-state index is 8.46. The summed E-state index contributed by atoms with van der Waals surface area (Å²) in [5, 5.41) is 17.0. The molecule has 1 aromatic carbocycles. The molecule has 2 heterocycles. The van der Waals surface area contributed by atoms with Crippen LogP contribution in [0.3, 0.4) is 0 Å². The van der Waals surface area contributed by atoms with E-state index in [0.29, 0.717) is 23.3 Å². The van der Waals surface area contributed by atoms with Crippen molar-refractivity contribution in [3.63, 3.8) is 0 Å². The van der Waals surface area contributed by atoms with Crippen molar-refractivity contribution in [3.05, 3.63) is 18.2 Å². The largest absolute Gasteiger partial charge is 0.454 e. The summed E-state index contributed by atoms with van der Waals surface area (Å²) in [7, 11) is 0. The second kappa shape index (κ2) is 5.84. The average Bonchev–Trinajstić information content (AvgIpc) is 3.11. The highest BCUT2D eigenvalue weighted by Crippen LogP contribution is 2.35. The maximum Gasteiger partial charge on any atom is 0.276 e.